The van der Waals surface area contributed by atoms with E-state index in [1.807, 2.05) is 0 Å². The number of nitrogens with zero attached hydrogens (tertiary/aromatic N) is 1. The number of hydrogen-bond donors (Lipinski definition) is 2. The summed E-state index contributed by atoms with van der Waals surface area (Å²) >= 11 is 0. The van der Waals surface area contributed by atoms with E-state index in [2.05, 4.69) is 0 Å². The Hall–Kier alpha value is -1.14. The average molecular weight is 202 g/mol. The van der Waals surface area contributed by atoms with E-state index >= 15 is 0 Å². The Kier molecular flexibility index (Phi) is 3.43. The van der Waals surface area contributed by atoms with Gasteiger partial charge in [-0.3, -0.25) is 9.59 Å². The molecular formula is C8H14N2O4. The van der Waals surface area contributed by atoms with E-state index in [9.17, 15) is 9.59 Å². The summed E-state index contributed by atoms with van der Waals surface area (Å²) in [7, 11) is 1.58. The second kappa shape index (κ2) is 4.39. The summed E-state index contributed by atoms with van der Waals surface area (Å²) in [4.78, 5) is 23.2. The van der Waals surface area contributed by atoms with Crippen LogP contribution in [0.1, 0.15) is 6.42 Å². The van der Waals surface area contributed by atoms with Crippen molar-refractivity contribution in [3.05, 3.63) is 0 Å². The quantitative estimate of drug-likeness (QED) is 0.587. The molecule has 0 spiro atoms. The van der Waals surface area contributed by atoms with Crippen LogP contribution < -0.4 is 5.73 Å². The van der Waals surface area contributed by atoms with Gasteiger partial charge >= 0.3 is 5.97 Å². The number of hydrogen-bond acceptors (Lipinski definition) is 4. The largest absolute Gasteiger partial charge is 0.480 e. The molecule has 1 amide bonds. The third-order valence-electron chi connectivity index (χ3n) is 2.25. The lowest BCUT2D eigenvalue weighted by atomic mass is 10.1. The van der Waals surface area contributed by atoms with Gasteiger partial charge in [0, 0.05) is 20.2 Å². The Balaban J connectivity index is 2.27. The van der Waals surface area contributed by atoms with Crippen molar-refractivity contribution < 1.29 is 19.4 Å². The van der Waals surface area contributed by atoms with Crippen molar-refractivity contribution in [1.29, 1.82) is 0 Å². The van der Waals surface area contributed by atoms with Gasteiger partial charge in [0.05, 0.1) is 12.5 Å². The van der Waals surface area contributed by atoms with E-state index in [1.54, 1.807) is 7.11 Å². The van der Waals surface area contributed by atoms with Gasteiger partial charge < -0.3 is 20.5 Å². The number of nitrogens with two attached hydrogens (primary N) is 1. The number of amides is 1. The van der Waals surface area contributed by atoms with Crippen LogP contribution in [0.5, 0.6) is 0 Å². The highest BCUT2D eigenvalue weighted by Gasteiger charge is 2.31. The molecule has 0 radical (unpaired) electrons. The van der Waals surface area contributed by atoms with Gasteiger partial charge in [-0.1, -0.05) is 0 Å². The molecule has 0 aliphatic carbocycles. The van der Waals surface area contributed by atoms with Crippen LogP contribution in [0.4, 0.5) is 0 Å². The molecule has 0 saturated carbocycles. The normalized spacial score (nSPS) is 18.9. The molecule has 1 heterocycles. The molecule has 6 nitrogen and oxygen atoms in total. The number of carbonyl (C=O) groups excluding carboxylic acids is 1. The third-order valence-corrected chi connectivity index (χ3v) is 2.25. The van der Waals surface area contributed by atoms with Crippen LogP contribution in [0, 0.1) is 0 Å². The van der Waals surface area contributed by atoms with Gasteiger partial charge in [-0.15, -0.1) is 0 Å². The first-order valence-corrected chi connectivity index (χ1v) is 4.33. The Labute approximate surface area is 81.6 Å². The zero-order valence-corrected chi connectivity index (χ0v) is 7.97. The molecule has 6 heteroatoms. The molecule has 14 heavy (non-hydrogen) atoms. The number of carboxylic acid groups (broad SMARTS) is 1. The molecule has 80 valence electrons. The van der Waals surface area contributed by atoms with Crippen molar-refractivity contribution in [2.24, 2.45) is 5.73 Å². The number of likely N-dealkylation sites (tertiary alicyclic amines) is 1. The van der Waals surface area contributed by atoms with Gasteiger partial charge in [0.2, 0.25) is 5.91 Å². The molecule has 0 aromatic carbocycles. The molecule has 0 unspecified atom stereocenters. The summed E-state index contributed by atoms with van der Waals surface area (Å²) in [5, 5.41) is 8.48. The monoisotopic (exact) mass is 202 g/mol. The van der Waals surface area contributed by atoms with Gasteiger partial charge in [-0.2, -0.15) is 0 Å². The third kappa shape index (κ3) is 2.43. The fourth-order valence-electron chi connectivity index (χ4n) is 1.20. The maximum Gasteiger partial charge on any atom is 0.321 e. The fraction of sp³-hybridized carbons (Fsp3) is 0.750. The minimum atomic E-state index is -1.15. The maximum atomic E-state index is 11.3. The van der Waals surface area contributed by atoms with Gasteiger partial charge in [0.1, 0.15) is 6.04 Å². The summed E-state index contributed by atoms with van der Waals surface area (Å²) < 4.78 is 4.98. The van der Waals surface area contributed by atoms with E-state index < -0.39 is 12.0 Å². The molecule has 1 aliphatic heterocycles. The first-order valence-electron chi connectivity index (χ1n) is 4.33. The molecule has 0 aromatic heterocycles. The standard InChI is InChI=1S/C8H14N2O4/c1-14-5-3-10(4-5)7(11)2-6(9)8(12)13/h5-6H,2-4,9H2,1H3,(H,12,13)/t6-/m0/s1. The van der Waals surface area contributed by atoms with E-state index in [4.69, 9.17) is 15.6 Å². The minimum absolute atomic E-state index is 0.0833. The van der Waals surface area contributed by atoms with Gasteiger partial charge in [0.25, 0.3) is 0 Å². The van der Waals surface area contributed by atoms with Crippen molar-refractivity contribution in [3.8, 4) is 0 Å². The molecule has 1 aliphatic rings. The van der Waals surface area contributed by atoms with Crippen molar-refractivity contribution in [1.82, 2.24) is 4.90 Å². The van der Waals surface area contributed by atoms with Crippen LogP contribution in [0.2, 0.25) is 0 Å². The average Bonchev–Trinajstić information content (AvgIpc) is 2.01. The van der Waals surface area contributed by atoms with E-state index in [1.165, 1.54) is 4.90 Å². The summed E-state index contributed by atoms with van der Waals surface area (Å²) in [6, 6.07) is -1.11. The number of methoxy groups -OCH3 is 1. The number of carboxylic acids is 1. The van der Waals surface area contributed by atoms with Crippen LogP contribution in [-0.2, 0) is 14.3 Å². The topological polar surface area (TPSA) is 92.9 Å². The Morgan fingerprint density at radius 3 is 2.64 bits per heavy atom. The first kappa shape index (κ1) is 10.9. The molecule has 1 rings (SSSR count). The molecule has 3 N–H and O–H groups in total. The van der Waals surface area contributed by atoms with Crippen LogP contribution in [0.25, 0.3) is 0 Å². The Morgan fingerprint density at radius 2 is 2.21 bits per heavy atom. The Bertz CT molecular complexity index is 237. The lowest BCUT2D eigenvalue weighted by Gasteiger charge is -2.38. The van der Waals surface area contributed by atoms with Gasteiger partial charge in [-0.05, 0) is 0 Å². The van der Waals surface area contributed by atoms with Gasteiger partial charge in [-0.25, -0.2) is 0 Å². The number of rotatable bonds is 4. The molecule has 1 fully saturated rings. The molecular weight excluding hydrogens is 188 g/mol. The zero-order chi connectivity index (χ0) is 10.7. The van der Waals surface area contributed by atoms with E-state index in [-0.39, 0.29) is 18.4 Å². The first-order chi connectivity index (χ1) is 6.54. The SMILES string of the molecule is COC1CN(C(=O)C[C@H](N)C(=O)O)C1. The summed E-state index contributed by atoms with van der Waals surface area (Å²) in [5.41, 5.74) is 5.22. The van der Waals surface area contributed by atoms with E-state index in [0.717, 1.165) is 0 Å². The van der Waals surface area contributed by atoms with Crippen LogP contribution >= 0.6 is 0 Å². The fourth-order valence-corrected chi connectivity index (χ4v) is 1.20. The molecule has 1 atom stereocenters. The van der Waals surface area contributed by atoms with Crippen LogP contribution in [0.3, 0.4) is 0 Å². The van der Waals surface area contributed by atoms with Crippen molar-refractivity contribution in [3.63, 3.8) is 0 Å². The van der Waals surface area contributed by atoms with E-state index in [0.29, 0.717) is 13.1 Å². The van der Waals surface area contributed by atoms with Crippen LogP contribution in [0.15, 0.2) is 0 Å². The maximum absolute atomic E-state index is 11.3. The second-order valence-electron chi connectivity index (χ2n) is 3.31. The lowest BCUT2D eigenvalue weighted by Crippen LogP contribution is -2.55. The highest BCUT2D eigenvalue weighted by atomic mass is 16.5. The molecule has 1 saturated heterocycles. The predicted molar refractivity (Wildman–Crippen MR) is 47.6 cm³/mol. The van der Waals surface area contributed by atoms with Gasteiger partial charge in [0.15, 0.2) is 0 Å². The predicted octanol–water partition coefficient (Wildman–Crippen LogP) is -1.35. The summed E-state index contributed by atoms with van der Waals surface area (Å²) in [5.74, 6) is -1.38. The molecule has 0 bridgehead atoms. The summed E-state index contributed by atoms with van der Waals surface area (Å²) in [6.07, 6.45) is -0.0637. The van der Waals surface area contributed by atoms with Crippen molar-refractivity contribution in [2.45, 2.75) is 18.6 Å². The highest BCUT2D eigenvalue weighted by Crippen LogP contribution is 2.12. The number of aliphatic carboxylic acids is 1. The second-order valence-corrected chi connectivity index (χ2v) is 3.31. The zero-order valence-electron chi connectivity index (χ0n) is 7.97. The smallest absolute Gasteiger partial charge is 0.321 e. The summed E-state index contributed by atoms with van der Waals surface area (Å²) in [6.45, 7) is 1.06. The highest BCUT2D eigenvalue weighted by molar-refractivity contribution is 5.84. The lowest BCUT2D eigenvalue weighted by molar-refractivity contribution is -0.147. The Morgan fingerprint density at radius 1 is 1.64 bits per heavy atom. The molecule has 0 aromatic rings. The van der Waals surface area contributed by atoms with Crippen molar-refractivity contribution in [2.75, 3.05) is 20.2 Å². The van der Waals surface area contributed by atoms with Crippen LogP contribution in [-0.4, -0.2) is 54.2 Å². The number of ether oxygens (including phenoxy) is 1. The number of carbonyl (C=O) groups is 2. The minimum Gasteiger partial charge on any atom is -0.480 e. The van der Waals surface area contributed by atoms with Crippen molar-refractivity contribution >= 4 is 11.9 Å².